The Morgan fingerprint density at radius 2 is 1.70 bits per heavy atom. The van der Waals surface area contributed by atoms with E-state index < -0.39 is 29.3 Å². The minimum absolute atomic E-state index is 0.172. The minimum Gasteiger partial charge on any atom is -0.497 e. The van der Waals surface area contributed by atoms with E-state index in [9.17, 15) is 19.2 Å². The molecule has 3 amide bonds. The molecule has 0 saturated carbocycles. The summed E-state index contributed by atoms with van der Waals surface area (Å²) < 4.78 is 15.8. The highest BCUT2D eigenvalue weighted by atomic mass is 35.5. The second-order valence-electron chi connectivity index (χ2n) is 11.6. The third-order valence-electron chi connectivity index (χ3n) is 8.38. The van der Waals surface area contributed by atoms with Gasteiger partial charge in [0.05, 0.1) is 33.4 Å². The SMILES string of the molecule is CCOC(=O)CN(CCc1ccc(OC)cc1)C(=O)CC1C(=O)N(C(Cl)Cc2ccc(Cl)cc2)CC(=O)N1CCCN1CCOCC1. The average Bonchev–Trinajstić information content (AvgIpc) is 3.07. The molecule has 256 valence electrons. The minimum atomic E-state index is -1.06. The fourth-order valence-electron chi connectivity index (χ4n) is 5.75. The normalized spacial score (nSPS) is 17.8. The van der Waals surface area contributed by atoms with Crippen molar-refractivity contribution in [3.8, 4) is 5.75 Å². The topological polar surface area (TPSA) is 109 Å². The standard InChI is InChI=1S/C34H44Cl2N4O7/c1-3-47-33(43)24-38(16-13-25-7-11-28(45-2)12-8-25)31(41)22-29-34(44)40(30(36)21-26-5-9-27(35)10-6-26)23-32(42)39(29)15-4-14-37-17-19-46-20-18-37/h5-12,29-30H,3-4,13-24H2,1-2H3. The van der Waals surface area contributed by atoms with Gasteiger partial charge in [-0.2, -0.15) is 0 Å². The van der Waals surface area contributed by atoms with Crippen LogP contribution < -0.4 is 4.74 Å². The molecule has 0 aliphatic carbocycles. The number of hydrogen-bond donors (Lipinski definition) is 0. The van der Waals surface area contributed by atoms with Crippen molar-refractivity contribution in [3.05, 3.63) is 64.7 Å². The second-order valence-corrected chi connectivity index (χ2v) is 12.5. The quantitative estimate of drug-likeness (QED) is 0.150. The molecule has 0 aromatic heterocycles. The van der Waals surface area contributed by atoms with Gasteiger partial charge in [0, 0.05) is 44.2 Å². The van der Waals surface area contributed by atoms with Crippen molar-refractivity contribution in [1.29, 1.82) is 0 Å². The van der Waals surface area contributed by atoms with Gasteiger partial charge in [-0.05, 0) is 55.2 Å². The van der Waals surface area contributed by atoms with Gasteiger partial charge in [0.2, 0.25) is 17.7 Å². The highest BCUT2D eigenvalue weighted by molar-refractivity contribution is 6.30. The molecule has 2 atom stereocenters. The summed E-state index contributed by atoms with van der Waals surface area (Å²) in [6, 6.07) is 13.5. The summed E-state index contributed by atoms with van der Waals surface area (Å²) in [5.74, 6) is -0.942. The van der Waals surface area contributed by atoms with E-state index in [2.05, 4.69) is 4.90 Å². The van der Waals surface area contributed by atoms with Crippen LogP contribution in [-0.4, -0.2) is 128 Å². The van der Waals surface area contributed by atoms with Crippen molar-refractivity contribution in [3.63, 3.8) is 0 Å². The molecule has 0 N–H and O–H groups in total. The Morgan fingerprint density at radius 1 is 1.02 bits per heavy atom. The van der Waals surface area contributed by atoms with Crippen molar-refractivity contribution in [2.24, 2.45) is 0 Å². The lowest BCUT2D eigenvalue weighted by Gasteiger charge is -2.42. The van der Waals surface area contributed by atoms with Crippen molar-refractivity contribution in [2.45, 2.75) is 44.1 Å². The first kappa shape index (κ1) is 36.5. The highest BCUT2D eigenvalue weighted by Crippen LogP contribution is 2.24. The van der Waals surface area contributed by atoms with Crippen LogP contribution in [0.2, 0.25) is 5.02 Å². The summed E-state index contributed by atoms with van der Waals surface area (Å²) in [4.78, 5) is 60.7. The van der Waals surface area contributed by atoms with Crippen LogP contribution >= 0.6 is 23.2 Å². The number of carbonyl (C=O) groups excluding carboxylic acids is 4. The first-order chi connectivity index (χ1) is 22.7. The van der Waals surface area contributed by atoms with Crippen LogP contribution in [0.15, 0.2) is 48.5 Å². The number of morpholine rings is 1. The summed E-state index contributed by atoms with van der Waals surface area (Å²) in [6.45, 7) is 5.59. The van der Waals surface area contributed by atoms with E-state index in [1.165, 1.54) is 14.7 Å². The molecule has 0 radical (unpaired) electrons. The van der Waals surface area contributed by atoms with Crippen LogP contribution in [0.25, 0.3) is 0 Å². The number of carbonyl (C=O) groups is 4. The Labute approximate surface area is 286 Å². The van der Waals surface area contributed by atoms with Crippen molar-refractivity contribution < 1.29 is 33.4 Å². The molecule has 4 rings (SSSR count). The lowest BCUT2D eigenvalue weighted by molar-refractivity contribution is -0.159. The van der Waals surface area contributed by atoms with Crippen molar-refractivity contribution >= 4 is 46.9 Å². The molecule has 0 spiro atoms. The van der Waals surface area contributed by atoms with Gasteiger partial charge >= 0.3 is 5.97 Å². The van der Waals surface area contributed by atoms with Gasteiger partial charge in [0.25, 0.3) is 0 Å². The van der Waals surface area contributed by atoms with Gasteiger partial charge in [-0.1, -0.05) is 47.5 Å². The van der Waals surface area contributed by atoms with E-state index in [1.807, 2.05) is 36.4 Å². The number of methoxy groups -OCH3 is 1. The predicted octanol–water partition coefficient (Wildman–Crippen LogP) is 3.24. The number of hydrogen-bond acceptors (Lipinski definition) is 8. The number of alkyl halides is 1. The second kappa shape index (κ2) is 18.2. The molecule has 0 bridgehead atoms. The summed E-state index contributed by atoms with van der Waals surface area (Å²) in [7, 11) is 1.59. The van der Waals surface area contributed by atoms with E-state index in [-0.39, 0.29) is 38.6 Å². The van der Waals surface area contributed by atoms with Gasteiger partial charge < -0.3 is 28.9 Å². The van der Waals surface area contributed by atoms with Gasteiger partial charge in [-0.15, -0.1) is 0 Å². The Bertz CT molecular complexity index is 1340. The number of nitrogens with zero attached hydrogens (tertiary/aromatic N) is 4. The number of amides is 3. The van der Waals surface area contributed by atoms with E-state index in [4.69, 9.17) is 37.4 Å². The van der Waals surface area contributed by atoms with Crippen LogP contribution in [-0.2, 0) is 41.5 Å². The van der Waals surface area contributed by atoms with Crippen LogP contribution in [0.4, 0.5) is 0 Å². The van der Waals surface area contributed by atoms with Crippen molar-refractivity contribution in [2.75, 3.05) is 72.7 Å². The molecule has 47 heavy (non-hydrogen) atoms. The Kier molecular flexibility index (Phi) is 14.1. The van der Waals surface area contributed by atoms with Crippen LogP contribution in [0.3, 0.4) is 0 Å². The zero-order chi connectivity index (χ0) is 33.8. The zero-order valence-electron chi connectivity index (χ0n) is 27.1. The zero-order valence-corrected chi connectivity index (χ0v) is 28.6. The molecule has 2 aromatic carbocycles. The monoisotopic (exact) mass is 690 g/mol. The largest absolute Gasteiger partial charge is 0.497 e. The number of ether oxygens (including phenoxy) is 3. The number of piperazine rings is 1. The number of halogens is 2. The molecule has 2 saturated heterocycles. The number of esters is 1. The maximum Gasteiger partial charge on any atom is 0.325 e. The van der Waals surface area contributed by atoms with Crippen LogP contribution in [0.1, 0.15) is 30.9 Å². The fraction of sp³-hybridized carbons (Fsp3) is 0.529. The molecule has 2 aliphatic rings. The third-order valence-corrected chi connectivity index (χ3v) is 9.02. The molecule has 2 unspecified atom stereocenters. The van der Waals surface area contributed by atoms with Crippen LogP contribution in [0, 0.1) is 0 Å². The lowest BCUT2D eigenvalue weighted by Crippen LogP contribution is -2.63. The van der Waals surface area contributed by atoms with Gasteiger partial charge in [0.15, 0.2) is 0 Å². The maximum absolute atomic E-state index is 14.1. The number of benzene rings is 2. The fourth-order valence-corrected chi connectivity index (χ4v) is 6.22. The molecular formula is C34H44Cl2N4O7. The summed E-state index contributed by atoms with van der Waals surface area (Å²) in [6.07, 6.45) is 1.10. The maximum atomic E-state index is 14.1. The molecular weight excluding hydrogens is 647 g/mol. The molecule has 11 nitrogen and oxygen atoms in total. The molecule has 13 heteroatoms. The van der Waals surface area contributed by atoms with E-state index in [1.54, 1.807) is 26.2 Å². The molecule has 2 heterocycles. The van der Waals surface area contributed by atoms with Gasteiger partial charge in [-0.3, -0.25) is 24.1 Å². The summed E-state index contributed by atoms with van der Waals surface area (Å²) in [5.41, 5.74) is 0.986. The van der Waals surface area contributed by atoms with Gasteiger partial charge in [0.1, 0.15) is 30.4 Å². The first-order valence-corrected chi connectivity index (χ1v) is 16.8. The first-order valence-electron chi connectivity index (χ1n) is 16.0. The number of rotatable bonds is 16. The third kappa shape index (κ3) is 10.8. The molecule has 2 aromatic rings. The Balaban J connectivity index is 1.51. The smallest absolute Gasteiger partial charge is 0.325 e. The van der Waals surface area contributed by atoms with E-state index >= 15 is 0 Å². The Morgan fingerprint density at radius 3 is 2.36 bits per heavy atom. The lowest BCUT2D eigenvalue weighted by atomic mass is 10.0. The summed E-state index contributed by atoms with van der Waals surface area (Å²) in [5, 5.41) is 0.578. The van der Waals surface area contributed by atoms with E-state index in [0.717, 1.165) is 30.8 Å². The Hall–Kier alpha value is -3.38. The molecule has 2 fully saturated rings. The average molecular weight is 692 g/mol. The van der Waals surface area contributed by atoms with Gasteiger partial charge in [-0.25, -0.2) is 0 Å². The van der Waals surface area contributed by atoms with Crippen molar-refractivity contribution in [1.82, 2.24) is 19.6 Å². The highest BCUT2D eigenvalue weighted by Gasteiger charge is 2.43. The van der Waals surface area contributed by atoms with E-state index in [0.29, 0.717) is 49.8 Å². The molecule has 2 aliphatic heterocycles. The van der Waals surface area contributed by atoms with Crippen LogP contribution in [0.5, 0.6) is 5.75 Å². The summed E-state index contributed by atoms with van der Waals surface area (Å²) >= 11 is 12.8. The predicted molar refractivity (Wildman–Crippen MR) is 178 cm³/mol.